The van der Waals surface area contributed by atoms with E-state index in [2.05, 4.69) is 43.4 Å². The molecular weight excluding hydrogens is 194 g/mol. The summed E-state index contributed by atoms with van der Waals surface area (Å²) >= 11 is 0. The Morgan fingerprint density at radius 2 is 1.94 bits per heavy atom. The van der Waals surface area contributed by atoms with Gasteiger partial charge in [-0.3, -0.25) is 0 Å². The van der Waals surface area contributed by atoms with Gasteiger partial charge in [0.25, 0.3) is 0 Å². The van der Waals surface area contributed by atoms with E-state index in [0.29, 0.717) is 0 Å². The molecule has 1 nitrogen and oxygen atoms in total. The van der Waals surface area contributed by atoms with Gasteiger partial charge in [-0.25, -0.2) is 0 Å². The molecule has 1 fully saturated rings. The van der Waals surface area contributed by atoms with Crippen molar-refractivity contribution in [2.75, 3.05) is 6.54 Å². The lowest BCUT2D eigenvalue weighted by atomic mass is 9.81. The fourth-order valence-corrected chi connectivity index (χ4v) is 2.81. The average molecular weight is 217 g/mol. The fraction of sp³-hybridized carbons (Fsp3) is 0.600. The standard InChI is InChI=1S/C15H23N/c1-3-16-15-6-4-5-14(11-15)13-9-7-12(2)8-10-13/h7-10,14-16H,3-6,11H2,1-2H3. The minimum atomic E-state index is 0.741. The first-order valence-corrected chi connectivity index (χ1v) is 6.59. The first kappa shape index (κ1) is 11.7. The molecule has 0 radical (unpaired) electrons. The molecular formula is C15H23N. The van der Waals surface area contributed by atoms with Crippen molar-refractivity contribution in [3.05, 3.63) is 35.4 Å². The molecule has 2 atom stereocenters. The molecule has 0 bridgehead atoms. The van der Waals surface area contributed by atoms with Crippen LogP contribution in [-0.2, 0) is 0 Å². The van der Waals surface area contributed by atoms with Crippen LogP contribution in [0, 0.1) is 6.92 Å². The maximum atomic E-state index is 3.60. The van der Waals surface area contributed by atoms with Crippen LogP contribution in [0.1, 0.15) is 49.7 Å². The lowest BCUT2D eigenvalue weighted by molar-refractivity contribution is 0.344. The van der Waals surface area contributed by atoms with E-state index < -0.39 is 0 Å². The van der Waals surface area contributed by atoms with Gasteiger partial charge in [0.05, 0.1) is 0 Å². The third-order valence-electron chi connectivity index (χ3n) is 3.72. The Morgan fingerprint density at radius 1 is 1.19 bits per heavy atom. The number of rotatable bonds is 3. The summed E-state index contributed by atoms with van der Waals surface area (Å²) < 4.78 is 0. The zero-order valence-corrected chi connectivity index (χ0v) is 10.5. The lowest BCUT2D eigenvalue weighted by Gasteiger charge is -2.30. The zero-order chi connectivity index (χ0) is 11.4. The van der Waals surface area contributed by atoms with Gasteiger partial charge in [-0.05, 0) is 44.2 Å². The first-order chi connectivity index (χ1) is 7.79. The molecule has 0 heterocycles. The highest BCUT2D eigenvalue weighted by Gasteiger charge is 2.22. The van der Waals surface area contributed by atoms with E-state index in [-0.39, 0.29) is 0 Å². The molecule has 0 spiro atoms. The van der Waals surface area contributed by atoms with Crippen LogP contribution in [0.4, 0.5) is 0 Å². The minimum absolute atomic E-state index is 0.741. The Morgan fingerprint density at radius 3 is 2.62 bits per heavy atom. The smallest absolute Gasteiger partial charge is 0.00727 e. The lowest BCUT2D eigenvalue weighted by Crippen LogP contribution is -2.33. The van der Waals surface area contributed by atoms with Gasteiger partial charge in [0.1, 0.15) is 0 Å². The molecule has 1 aromatic rings. The van der Waals surface area contributed by atoms with Crippen LogP contribution in [0.5, 0.6) is 0 Å². The van der Waals surface area contributed by atoms with Crippen LogP contribution in [0.3, 0.4) is 0 Å². The summed E-state index contributed by atoms with van der Waals surface area (Å²) in [5.41, 5.74) is 2.90. The van der Waals surface area contributed by atoms with Gasteiger partial charge < -0.3 is 5.32 Å². The van der Waals surface area contributed by atoms with Crippen LogP contribution in [0.15, 0.2) is 24.3 Å². The van der Waals surface area contributed by atoms with E-state index in [0.717, 1.165) is 18.5 Å². The number of hydrogen-bond donors (Lipinski definition) is 1. The van der Waals surface area contributed by atoms with Gasteiger partial charge in [0.2, 0.25) is 0 Å². The second-order valence-electron chi connectivity index (χ2n) is 5.03. The summed E-state index contributed by atoms with van der Waals surface area (Å²) in [5.74, 6) is 0.776. The van der Waals surface area contributed by atoms with Gasteiger partial charge in [-0.15, -0.1) is 0 Å². The molecule has 0 amide bonds. The second kappa shape index (κ2) is 5.49. The summed E-state index contributed by atoms with van der Waals surface area (Å²) in [7, 11) is 0. The molecule has 1 aromatic carbocycles. The Balaban J connectivity index is 2.01. The third kappa shape index (κ3) is 2.85. The topological polar surface area (TPSA) is 12.0 Å². The van der Waals surface area contributed by atoms with Crippen LogP contribution >= 0.6 is 0 Å². The summed E-state index contributed by atoms with van der Waals surface area (Å²) in [6.07, 6.45) is 5.41. The van der Waals surface area contributed by atoms with Gasteiger partial charge in [-0.1, -0.05) is 43.2 Å². The maximum Gasteiger partial charge on any atom is 0.00727 e. The predicted molar refractivity (Wildman–Crippen MR) is 69.9 cm³/mol. The molecule has 1 aliphatic rings. The van der Waals surface area contributed by atoms with Crippen molar-refractivity contribution in [2.45, 2.75) is 51.5 Å². The molecule has 2 unspecified atom stereocenters. The number of benzene rings is 1. The van der Waals surface area contributed by atoms with Crippen molar-refractivity contribution in [1.82, 2.24) is 5.32 Å². The highest BCUT2D eigenvalue weighted by atomic mass is 14.9. The molecule has 2 rings (SSSR count). The summed E-state index contributed by atoms with van der Waals surface area (Å²) in [6, 6.07) is 9.85. The summed E-state index contributed by atoms with van der Waals surface area (Å²) in [5, 5.41) is 3.60. The van der Waals surface area contributed by atoms with Crippen molar-refractivity contribution in [2.24, 2.45) is 0 Å². The number of hydrogen-bond acceptors (Lipinski definition) is 1. The molecule has 1 N–H and O–H groups in total. The zero-order valence-electron chi connectivity index (χ0n) is 10.5. The van der Waals surface area contributed by atoms with Crippen LogP contribution in [0.25, 0.3) is 0 Å². The van der Waals surface area contributed by atoms with E-state index >= 15 is 0 Å². The van der Waals surface area contributed by atoms with Crippen LogP contribution in [-0.4, -0.2) is 12.6 Å². The van der Waals surface area contributed by atoms with E-state index in [1.807, 2.05) is 0 Å². The SMILES string of the molecule is CCNC1CCCC(c2ccc(C)cc2)C1. The normalized spacial score (nSPS) is 25.6. The van der Waals surface area contributed by atoms with Crippen molar-refractivity contribution < 1.29 is 0 Å². The molecule has 0 aliphatic heterocycles. The fourth-order valence-electron chi connectivity index (χ4n) is 2.81. The van der Waals surface area contributed by atoms with E-state index in [1.165, 1.54) is 36.8 Å². The molecule has 16 heavy (non-hydrogen) atoms. The van der Waals surface area contributed by atoms with Crippen molar-refractivity contribution >= 4 is 0 Å². The summed E-state index contributed by atoms with van der Waals surface area (Å²) in [4.78, 5) is 0. The Bertz CT molecular complexity index is 313. The molecule has 0 saturated heterocycles. The third-order valence-corrected chi connectivity index (χ3v) is 3.72. The van der Waals surface area contributed by atoms with E-state index in [4.69, 9.17) is 0 Å². The van der Waals surface area contributed by atoms with Crippen molar-refractivity contribution in [1.29, 1.82) is 0 Å². The quantitative estimate of drug-likeness (QED) is 0.815. The average Bonchev–Trinajstić information content (AvgIpc) is 2.31. The predicted octanol–water partition coefficient (Wildman–Crippen LogP) is 3.63. The number of aryl methyl sites for hydroxylation is 1. The first-order valence-electron chi connectivity index (χ1n) is 6.59. The molecule has 88 valence electrons. The van der Waals surface area contributed by atoms with Gasteiger partial charge >= 0.3 is 0 Å². The van der Waals surface area contributed by atoms with E-state index in [9.17, 15) is 0 Å². The van der Waals surface area contributed by atoms with Crippen LogP contribution < -0.4 is 5.32 Å². The largest absolute Gasteiger partial charge is 0.314 e. The molecule has 0 aromatic heterocycles. The highest BCUT2D eigenvalue weighted by molar-refractivity contribution is 5.25. The molecule has 1 heteroatoms. The monoisotopic (exact) mass is 217 g/mol. The van der Waals surface area contributed by atoms with Gasteiger partial charge in [-0.2, -0.15) is 0 Å². The second-order valence-corrected chi connectivity index (χ2v) is 5.03. The number of nitrogens with one attached hydrogen (secondary N) is 1. The van der Waals surface area contributed by atoms with Crippen molar-refractivity contribution in [3.63, 3.8) is 0 Å². The minimum Gasteiger partial charge on any atom is -0.314 e. The maximum absolute atomic E-state index is 3.60. The highest BCUT2D eigenvalue weighted by Crippen LogP contribution is 2.32. The Hall–Kier alpha value is -0.820. The summed E-state index contributed by atoms with van der Waals surface area (Å²) in [6.45, 7) is 5.47. The molecule has 1 saturated carbocycles. The molecule has 1 aliphatic carbocycles. The van der Waals surface area contributed by atoms with E-state index in [1.54, 1.807) is 0 Å². The van der Waals surface area contributed by atoms with Gasteiger partial charge in [0.15, 0.2) is 0 Å². The Kier molecular flexibility index (Phi) is 4.00. The van der Waals surface area contributed by atoms with Gasteiger partial charge in [0, 0.05) is 6.04 Å². The Labute approximate surface area is 99.3 Å². The van der Waals surface area contributed by atoms with Crippen molar-refractivity contribution in [3.8, 4) is 0 Å². The van der Waals surface area contributed by atoms with Crippen LogP contribution in [0.2, 0.25) is 0 Å².